The predicted octanol–water partition coefficient (Wildman–Crippen LogP) is 23.1. The molecule has 0 N–H and O–H groups in total. The minimum absolute atomic E-state index is 0. The van der Waals surface area contributed by atoms with Crippen LogP contribution in [-0.2, 0) is 0 Å². The zero-order valence-electron chi connectivity index (χ0n) is 48.2. The summed E-state index contributed by atoms with van der Waals surface area (Å²) in [4.78, 5) is 0. The van der Waals surface area contributed by atoms with Gasteiger partial charge in [0, 0.05) is 30.7 Å². The summed E-state index contributed by atoms with van der Waals surface area (Å²) in [6.45, 7) is 15.2. The summed E-state index contributed by atoms with van der Waals surface area (Å²) in [7, 11) is 0. The molecule has 0 aromatic heterocycles. The van der Waals surface area contributed by atoms with Crippen LogP contribution in [0.4, 0.5) is 35.1 Å². The molecular formula is C74H76F8. The second-order valence-corrected chi connectivity index (χ2v) is 22.7. The third-order valence-electron chi connectivity index (χ3n) is 16.4. The normalized spacial score (nSPS) is 16.6. The van der Waals surface area contributed by atoms with Gasteiger partial charge in [-0.1, -0.05) is 226 Å². The van der Waals surface area contributed by atoms with Gasteiger partial charge in [-0.15, -0.1) is 0 Å². The van der Waals surface area contributed by atoms with Gasteiger partial charge in [0.05, 0.1) is 0 Å². The first-order chi connectivity index (χ1) is 39.3. The second-order valence-electron chi connectivity index (χ2n) is 22.7. The molecule has 2 fully saturated rings. The van der Waals surface area contributed by atoms with Crippen LogP contribution in [-0.4, -0.2) is 0 Å². The Hall–Kier alpha value is -7.58. The summed E-state index contributed by atoms with van der Waals surface area (Å²) in [6.07, 6.45) is 10.0. The van der Waals surface area contributed by atoms with E-state index in [9.17, 15) is 35.1 Å². The number of hydrogen-bond acceptors (Lipinski definition) is 0. The van der Waals surface area contributed by atoms with Crippen LogP contribution in [0, 0.1) is 99.9 Å². The monoisotopic (exact) mass is 1120 g/mol. The Kier molecular flexibility index (Phi) is 20.3. The van der Waals surface area contributed by atoms with Gasteiger partial charge in [-0.2, -0.15) is 0 Å². The molecule has 0 spiro atoms. The van der Waals surface area contributed by atoms with Crippen molar-refractivity contribution in [1.29, 1.82) is 0 Å². The minimum Gasteiger partial charge on any atom is -0.203 e. The van der Waals surface area contributed by atoms with Gasteiger partial charge in [-0.3, -0.25) is 0 Å². The molecule has 8 heteroatoms. The molecule has 82 heavy (non-hydrogen) atoms. The van der Waals surface area contributed by atoms with Crippen molar-refractivity contribution in [2.45, 2.75) is 119 Å². The number of hydrogen-bond donors (Lipinski definition) is 0. The van der Waals surface area contributed by atoms with Crippen LogP contribution in [0.2, 0.25) is 0 Å². The van der Waals surface area contributed by atoms with E-state index in [1.54, 1.807) is 106 Å². The summed E-state index contributed by atoms with van der Waals surface area (Å²) in [5.41, 5.74) is 12.0. The highest BCUT2D eigenvalue weighted by atomic mass is 19.2. The average molecular weight is 1120 g/mol. The Labute approximate surface area is 482 Å². The fourth-order valence-corrected chi connectivity index (χ4v) is 10.9. The molecule has 2 aliphatic rings. The Morgan fingerprint density at radius 3 is 0.671 bits per heavy atom. The largest absolute Gasteiger partial charge is 0.203 e. The van der Waals surface area contributed by atoms with Gasteiger partial charge in [-0.25, -0.2) is 35.1 Å². The molecular weight excluding hydrogens is 1040 g/mol. The van der Waals surface area contributed by atoms with Crippen LogP contribution in [0.1, 0.15) is 124 Å². The van der Waals surface area contributed by atoms with E-state index in [1.165, 1.54) is 62.5 Å². The highest BCUT2D eigenvalue weighted by Crippen LogP contribution is 2.39. The molecule has 11 rings (SSSR count). The maximum Gasteiger partial charge on any atom is 0.167 e. The van der Waals surface area contributed by atoms with E-state index in [4.69, 9.17) is 0 Å². The molecule has 0 aliphatic heterocycles. The lowest BCUT2D eigenvalue weighted by Gasteiger charge is -2.26. The molecule has 0 atom stereocenters. The summed E-state index contributed by atoms with van der Waals surface area (Å²) in [6, 6.07) is 51.2. The maximum atomic E-state index is 14.4. The Bertz CT molecular complexity index is 3390. The quantitative estimate of drug-likeness (QED) is 0.140. The van der Waals surface area contributed by atoms with Gasteiger partial charge in [-0.05, 0) is 147 Å². The van der Waals surface area contributed by atoms with Gasteiger partial charge in [0.1, 0.15) is 0 Å². The van der Waals surface area contributed by atoms with E-state index in [0.29, 0.717) is 61.9 Å². The van der Waals surface area contributed by atoms with Crippen molar-refractivity contribution < 1.29 is 38.0 Å². The van der Waals surface area contributed by atoms with E-state index >= 15 is 0 Å². The Balaban J connectivity index is 0.000000179. The maximum absolute atomic E-state index is 14.4. The summed E-state index contributed by atoms with van der Waals surface area (Å²) < 4.78 is 111. The molecule has 0 bridgehead atoms. The molecule has 0 heterocycles. The van der Waals surface area contributed by atoms with Gasteiger partial charge in [0.15, 0.2) is 46.5 Å². The molecule has 9 aromatic carbocycles. The summed E-state index contributed by atoms with van der Waals surface area (Å²) >= 11 is 0. The van der Waals surface area contributed by atoms with Crippen molar-refractivity contribution in [3.05, 3.63) is 261 Å². The van der Waals surface area contributed by atoms with Gasteiger partial charge in [0.25, 0.3) is 0 Å². The number of benzene rings is 9. The number of aryl methyl sites for hydroxylation is 6. The van der Waals surface area contributed by atoms with E-state index in [2.05, 4.69) is 38.1 Å². The zero-order chi connectivity index (χ0) is 58.8. The molecule has 0 unspecified atom stereocenters. The molecule has 2 saturated carbocycles. The van der Waals surface area contributed by atoms with E-state index in [0.717, 1.165) is 39.7 Å². The third-order valence-corrected chi connectivity index (χ3v) is 16.4. The molecule has 0 amide bonds. The van der Waals surface area contributed by atoms with Crippen molar-refractivity contribution >= 4 is 0 Å². The molecule has 0 nitrogen and oxygen atoms in total. The van der Waals surface area contributed by atoms with Gasteiger partial charge < -0.3 is 0 Å². The summed E-state index contributed by atoms with van der Waals surface area (Å²) in [5, 5.41) is 0. The molecule has 2 aliphatic carbocycles. The van der Waals surface area contributed by atoms with E-state index < -0.39 is 46.5 Å². The van der Waals surface area contributed by atoms with Crippen LogP contribution in [0.5, 0.6) is 0 Å². The Morgan fingerprint density at radius 2 is 0.439 bits per heavy atom. The molecule has 9 aromatic rings. The van der Waals surface area contributed by atoms with Crippen LogP contribution < -0.4 is 0 Å². The van der Waals surface area contributed by atoms with Crippen molar-refractivity contribution in [2.24, 2.45) is 11.8 Å². The van der Waals surface area contributed by atoms with Crippen molar-refractivity contribution in [1.82, 2.24) is 0 Å². The highest BCUT2D eigenvalue weighted by Gasteiger charge is 2.23. The first kappa shape index (κ1) is 60.5. The van der Waals surface area contributed by atoms with Crippen LogP contribution in [0.25, 0.3) is 55.6 Å². The molecule has 0 radical (unpaired) electrons. The van der Waals surface area contributed by atoms with Crippen LogP contribution in [0.15, 0.2) is 170 Å². The third kappa shape index (κ3) is 14.7. The van der Waals surface area contributed by atoms with Gasteiger partial charge in [0.2, 0.25) is 0 Å². The predicted molar refractivity (Wildman–Crippen MR) is 326 cm³/mol. The minimum atomic E-state index is -0.804. The standard InChI is InChI=1S/C20H16F2.2C20H22F2.C14H12F2.2H2/c1-13-3-7-15(8-4-13)17-11-12-18(20(22)19(17)21)16-9-5-14(2)6-10-16;2*1-13-3-6-15(7-4-13)16-8-10-17(11-9-16)18-12-5-14(2)19(21)20(18)22;1-9-3-6-11(7-4-9)12-8-5-10(2)13(15)14(12)16;;/h3-12H,1-2H3;2*5,8-13,15H,3-4,6-7H2,1-2H3;3-8H,1-2H3;2*1H. The van der Waals surface area contributed by atoms with Crippen molar-refractivity contribution in [2.75, 3.05) is 0 Å². The highest BCUT2D eigenvalue weighted by molar-refractivity contribution is 5.72. The average Bonchev–Trinajstić information content (AvgIpc) is 3.14. The van der Waals surface area contributed by atoms with E-state index in [-0.39, 0.29) is 14.0 Å². The lowest BCUT2D eigenvalue weighted by molar-refractivity contribution is 0.348. The summed E-state index contributed by atoms with van der Waals surface area (Å²) in [5.74, 6) is -3.25. The molecule has 428 valence electrons. The van der Waals surface area contributed by atoms with E-state index in [1.807, 2.05) is 81.4 Å². The lowest BCUT2D eigenvalue weighted by atomic mass is 9.79. The second kappa shape index (κ2) is 27.5. The van der Waals surface area contributed by atoms with Crippen LogP contribution >= 0.6 is 0 Å². The fourth-order valence-electron chi connectivity index (χ4n) is 10.9. The molecule has 0 saturated heterocycles. The lowest BCUT2D eigenvalue weighted by Crippen LogP contribution is -2.10. The number of halogens is 8. The first-order valence-corrected chi connectivity index (χ1v) is 28.5. The topological polar surface area (TPSA) is 0 Å². The number of rotatable bonds is 7. The smallest absolute Gasteiger partial charge is 0.167 e. The first-order valence-electron chi connectivity index (χ1n) is 28.5. The van der Waals surface area contributed by atoms with Crippen molar-refractivity contribution in [3.63, 3.8) is 0 Å². The Morgan fingerprint density at radius 1 is 0.244 bits per heavy atom. The van der Waals surface area contributed by atoms with Gasteiger partial charge >= 0.3 is 0 Å². The zero-order valence-corrected chi connectivity index (χ0v) is 48.2. The fraction of sp³-hybridized carbons (Fsp3) is 0.270. The SMILES string of the molecule is Cc1ccc(-c2ccc(-c3ccc(C)cc3)c(F)c2F)cc1.Cc1ccc(-c2ccc(C)c(F)c2F)cc1.Cc1ccc(-c2ccc(C3CCC(C)CC3)cc2)c(F)c1F.Cc1ccc(-c2ccc(C3CCC(C)CC3)cc2)c(F)c1F.[HH].[HH]. The van der Waals surface area contributed by atoms with Crippen molar-refractivity contribution in [3.8, 4) is 55.6 Å². The van der Waals surface area contributed by atoms with Crippen LogP contribution in [0.3, 0.4) is 0 Å².